The van der Waals surface area contributed by atoms with Gasteiger partial charge in [-0.25, -0.2) is 4.79 Å². The molecule has 0 fully saturated rings. The number of nitrogens with one attached hydrogen (secondary N) is 1. The first-order chi connectivity index (χ1) is 11.6. The van der Waals surface area contributed by atoms with Crippen molar-refractivity contribution in [3.63, 3.8) is 0 Å². The van der Waals surface area contributed by atoms with E-state index in [9.17, 15) is 14.7 Å². The summed E-state index contributed by atoms with van der Waals surface area (Å²) in [5.74, 6) is -0.220. The van der Waals surface area contributed by atoms with Crippen molar-refractivity contribution >= 4 is 36.6 Å². The van der Waals surface area contributed by atoms with E-state index >= 15 is 0 Å². The van der Waals surface area contributed by atoms with E-state index < -0.39 is 18.2 Å². The normalized spacial score (nSPS) is 11.6. The van der Waals surface area contributed by atoms with Crippen LogP contribution in [0.4, 0.5) is 4.79 Å². The van der Waals surface area contributed by atoms with E-state index in [-0.39, 0.29) is 5.56 Å². The van der Waals surface area contributed by atoms with Crippen molar-refractivity contribution in [2.24, 2.45) is 0 Å². The number of hydrogen-bond acceptors (Lipinski definition) is 7. The molecule has 0 aromatic heterocycles. The van der Waals surface area contributed by atoms with E-state index in [1.54, 1.807) is 18.2 Å². The number of rotatable bonds is 7. The fourth-order valence-corrected chi connectivity index (χ4v) is 2.71. The molecule has 2 N–H and O–H groups in total. The van der Waals surface area contributed by atoms with Gasteiger partial charge in [-0.2, -0.15) is 9.25 Å². The van der Waals surface area contributed by atoms with Gasteiger partial charge in [-0.15, -0.1) is 0 Å². The van der Waals surface area contributed by atoms with Gasteiger partial charge in [0, 0.05) is 11.3 Å². The first-order valence-corrected chi connectivity index (χ1v) is 8.35. The summed E-state index contributed by atoms with van der Waals surface area (Å²) in [5, 5.41) is 9.79. The number of benzene rings is 2. The number of amides is 1. The van der Waals surface area contributed by atoms with E-state index in [0.29, 0.717) is 5.75 Å². The third-order valence-corrected chi connectivity index (χ3v) is 4.25. The Kier molecular flexibility index (Phi) is 7.13. The van der Waals surface area contributed by atoms with Gasteiger partial charge in [-0.1, -0.05) is 73.5 Å². The number of aliphatic hydroxyl groups is 1. The molecular weight excluding hydrogens is 348 g/mol. The van der Waals surface area contributed by atoms with Crippen LogP contribution in [-0.4, -0.2) is 27.7 Å². The second-order valence-corrected chi connectivity index (χ2v) is 5.73. The van der Waals surface area contributed by atoms with Crippen molar-refractivity contribution in [2.45, 2.75) is 12.0 Å². The smallest absolute Gasteiger partial charge is 0.410 e. The highest BCUT2D eigenvalue weighted by atomic mass is 32.2. The van der Waals surface area contributed by atoms with Gasteiger partial charge in [0.15, 0.2) is 0 Å². The van der Waals surface area contributed by atoms with Crippen LogP contribution < -0.4 is 4.83 Å². The highest BCUT2D eigenvalue weighted by Gasteiger charge is 2.25. The predicted octanol–water partition coefficient (Wildman–Crippen LogP) is 2.82. The SMILES string of the molecule is O=C(c1ccccc1)C(O)OC(=O)N(NS)SCc1ccccc1. The Morgan fingerprint density at radius 3 is 2.29 bits per heavy atom. The summed E-state index contributed by atoms with van der Waals surface area (Å²) in [4.78, 5) is 26.3. The van der Waals surface area contributed by atoms with Gasteiger partial charge in [0.25, 0.3) is 6.29 Å². The molecule has 0 saturated carbocycles. The summed E-state index contributed by atoms with van der Waals surface area (Å²) in [7, 11) is 0. The summed E-state index contributed by atoms with van der Waals surface area (Å²) in [6.45, 7) is 0. The highest BCUT2D eigenvalue weighted by Crippen LogP contribution is 2.17. The molecule has 1 atom stereocenters. The lowest BCUT2D eigenvalue weighted by atomic mass is 10.1. The Labute approximate surface area is 149 Å². The minimum Gasteiger partial charge on any atom is -0.410 e. The van der Waals surface area contributed by atoms with Crippen LogP contribution in [0.25, 0.3) is 0 Å². The number of hydrogen-bond donors (Lipinski definition) is 3. The zero-order chi connectivity index (χ0) is 17.4. The van der Waals surface area contributed by atoms with E-state index in [2.05, 4.69) is 17.6 Å². The lowest BCUT2D eigenvalue weighted by molar-refractivity contribution is -0.0376. The van der Waals surface area contributed by atoms with Crippen LogP contribution in [-0.2, 0) is 10.5 Å². The summed E-state index contributed by atoms with van der Waals surface area (Å²) >= 11 is 4.91. The number of thiol groups is 1. The lowest BCUT2D eigenvalue weighted by Crippen LogP contribution is -2.37. The number of ether oxygens (including phenoxy) is 1. The number of ketones is 1. The summed E-state index contributed by atoms with van der Waals surface area (Å²) in [6.07, 6.45) is -2.82. The van der Waals surface area contributed by atoms with Crippen LogP contribution in [0.1, 0.15) is 15.9 Å². The summed E-state index contributed by atoms with van der Waals surface area (Å²) in [5.41, 5.74) is 1.24. The van der Waals surface area contributed by atoms with Gasteiger partial charge in [-0.05, 0) is 17.5 Å². The second-order valence-electron chi connectivity index (χ2n) is 4.62. The Bertz CT molecular complexity index is 670. The summed E-state index contributed by atoms with van der Waals surface area (Å²) < 4.78 is 5.75. The van der Waals surface area contributed by atoms with Crippen molar-refractivity contribution in [3.05, 3.63) is 71.8 Å². The Morgan fingerprint density at radius 1 is 1.12 bits per heavy atom. The topological polar surface area (TPSA) is 78.9 Å². The molecule has 126 valence electrons. The molecule has 1 amide bonds. The number of carbonyl (C=O) groups is 2. The number of Topliss-reactive ketones (excluding diaryl/α,β-unsaturated/α-hetero) is 1. The molecule has 2 rings (SSSR count). The molecule has 0 aliphatic rings. The zero-order valence-corrected chi connectivity index (χ0v) is 14.2. The van der Waals surface area contributed by atoms with Crippen LogP contribution >= 0.6 is 24.8 Å². The number of hydrazine groups is 1. The number of aliphatic hydroxyl groups excluding tert-OH is 1. The van der Waals surface area contributed by atoms with Crippen molar-refractivity contribution < 1.29 is 19.4 Å². The van der Waals surface area contributed by atoms with Crippen molar-refractivity contribution in [3.8, 4) is 0 Å². The molecule has 0 bridgehead atoms. The average molecular weight is 364 g/mol. The molecule has 24 heavy (non-hydrogen) atoms. The van der Waals surface area contributed by atoms with Crippen LogP contribution in [0.2, 0.25) is 0 Å². The molecule has 6 nitrogen and oxygen atoms in total. The minimum atomic E-state index is -1.89. The van der Waals surface area contributed by atoms with Gasteiger partial charge in [-0.3, -0.25) is 4.79 Å². The molecule has 0 heterocycles. The Morgan fingerprint density at radius 2 is 1.71 bits per heavy atom. The Balaban J connectivity index is 1.90. The van der Waals surface area contributed by atoms with E-state index in [0.717, 1.165) is 21.9 Å². The average Bonchev–Trinajstić information content (AvgIpc) is 2.63. The van der Waals surface area contributed by atoms with Crippen molar-refractivity contribution in [1.29, 1.82) is 0 Å². The molecular formula is C16H16N2O4S2. The monoisotopic (exact) mass is 364 g/mol. The molecule has 2 aromatic rings. The van der Waals surface area contributed by atoms with E-state index in [1.165, 1.54) is 12.1 Å². The van der Waals surface area contributed by atoms with Crippen molar-refractivity contribution in [2.75, 3.05) is 0 Å². The molecule has 8 heteroatoms. The molecule has 0 aliphatic heterocycles. The molecule has 0 saturated heterocycles. The van der Waals surface area contributed by atoms with Gasteiger partial charge in [0.1, 0.15) is 0 Å². The maximum absolute atomic E-state index is 12.0. The van der Waals surface area contributed by atoms with E-state index in [4.69, 9.17) is 4.74 Å². The van der Waals surface area contributed by atoms with Crippen LogP contribution in [0.15, 0.2) is 60.7 Å². The molecule has 0 aliphatic carbocycles. The van der Waals surface area contributed by atoms with Crippen molar-refractivity contribution in [1.82, 2.24) is 9.25 Å². The number of nitrogens with zero attached hydrogens (tertiary/aromatic N) is 1. The quantitative estimate of drug-likeness (QED) is 0.231. The third-order valence-electron chi connectivity index (χ3n) is 2.95. The standard InChI is InChI=1S/C16H16N2O4S2/c19-14(13-9-5-2-6-10-13)15(20)22-16(21)18(17-23)24-11-12-7-3-1-4-8-12/h1-10,15,17,20,23H,11H2. The van der Waals surface area contributed by atoms with Crippen LogP contribution in [0.3, 0.4) is 0 Å². The third kappa shape index (κ3) is 5.27. The first-order valence-electron chi connectivity index (χ1n) is 6.96. The molecule has 1 unspecified atom stereocenters. The highest BCUT2D eigenvalue weighted by molar-refractivity contribution is 7.97. The maximum Gasteiger partial charge on any atom is 0.438 e. The molecule has 0 radical (unpaired) electrons. The first kappa shape index (κ1) is 18.3. The Hall–Kier alpha value is -2.00. The fraction of sp³-hybridized carbons (Fsp3) is 0.125. The van der Waals surface area contributed by atoms with Gasteiger partial charge in [0.05, 0.1) is 0 Å². The minimum absolute atomic E-state index is 0.250. The van der Waals surface area contributed by atoms with Gasteiger partial charge in [0.2, 0.25) is 5.78 Å². The predicted molar refractivity (Wildman–Crippen MR) is 95.0 cm³/mol. The largest absolute Gasteiger partial charge is 0.438 e. The fourth-order valence-electron chi connectivity index (χ4n) is 1.78. The lowest BCUT2D eigenvalue weighted by Gasteiger charge is -2.20. The van der Waals surface area contributed by atoms with Gasteiger partial charge >= 0.3 is 6.09 Å². The van der Waals surface area contributed by atoms with E-state index in [1.807, 2.05) is 30.3 Å². The number of carbonyl (C=O) groups excluding carboxylic acids is 2. The summed E-state index contributed by atoms with van der Waals surface area (Å²) in [6, 6.07) is 17.6. The zero-order valence-electron chi connectivity index (χ0n) is 12.5. The second kappa shape index (κ2) is 9.33. The molecule has 2 aromatic carbocycles. The maximum atomic E-state index is 12.0. The van der Waals surface area contributed by atoms with Gasteiger partial charge < -0.3 is 9.84 Å². The van der Waals surface area contributed by atoms with Crippen LogP contribution in [0, 0.1) is 0 Å². The molecule has 0 spiro atoms. The van der Waals surface area contributed by atoms with Crippen LogP contribution in [0.5, 0.6) is 0 Å².